The average Bonchev–Trinajstić information content (AvgIpc) is 2.74. The van der Waals surface area contributed by atoms with Crippen LogP contribution in [0.1, 0.15) is 38.2 Å². The normalized spacial score (nSPS) is 17.2. The standard InChI is InChI=1S/C22H34N2O4/c1-4-24(21(25)10-11-22(26)28-3)17-19-8-6-13-23(16-19)14-12-18-7-5-9-20(15-18)27-2/h5,7,9,15,19H,4,6,8,10-14,16-17H2,1-3H3/t19-/m0/s1. The van der Waals surface area contributed by atoms with Gasteiger partial charge < -0.3 is 19.3 Å². The quantitative estimate of drug-likeness (QED) is 0.575. The summed E-state index contributed by atoms with van der Waals surface area (Å²) in [7, 11) is 3.05. The molecule has 0 aliphatic carbocycles. The third kappa shape index (κ3) is 7.15. The molecule has 1 aromatic carbocycles. The Morgan fingerprint density at radius 3 is 2.79 bits per heavy atom. The van der Waals surface area contributed by atoms with Gasteiger partial charge in [0.05, 0.1) is 20.6 Å². The van der Waals surface area contributed by atoms with Crippen LogP contribution in [0.4, 0.5) is 0 Å². The van der Waals surface area contributed by atoms with Crippen LogP contribution in [-0.4, -0.2) is 68.6 Å². The van der Waals surface area contributed by atoms with Crippen molar-refractivity contribution in [3.63, 3.8) is 0 Å². The predicted molar refractivity (Wildman–Crippen MR) is 109 cm³/mol. The van der Waals surface area contributed by atoms with Crippen LogP contribution in [0.3, 0.4) is 0 Å². The largest absolute Gasteiger partial charge is 0.497 e. The molecule has 1 aromatic rings. The van der Waals surface area contributed by atoms with E-state index in [2.05, 4.69) is 21.8 Å². The van der Waals surface area contributed by atoms with Gasteiger partial charge in [-0.25, -0.2) is 0 Å². The van der Waals surface area contributed by atoms with Crippen molar-refractivity contribution in [3.8, 4) is 5.75 Å². The fraction of sp³-hybridized carbons (Fsp3) is 0.636. The molecule has 0 aromatic heterocycles. The van der Waals surface area contributed by atoms with Crippen LogP contribution in [0.15, 0.2) is 24.3 Å². The van der Waals surface area contributed by atoms with Crippen LogP contribution in [0.5, 0.6) is 5.75 Å². The lowest BCUT2D eigenvalue weighted by molar-refractivity contribution is -0.143. The lowest BCUT2D eigenvalue weighted by Crippen LogP contribution is -2.43. The molecule has 1 saturated heterocycles. The van der Waals surface area contributed by atoms with Crippen molar-refractivity contribution in [1.82, 2.24) is 9.80 Å². The van der Waals surface area contributed by atoms with E-state index in [-0.39, 0.29) is 24.7 Å². The zero-order valence-corrected chi connectivity index (χ0v) is 17.5. The Balaban J connectivity index is 1.80. The summed E-state index contributed by atoms with van der Waals surface area (Å²) in [5.41, 5.74) is 1.29. The maximum atomic E-state index is 12.4. The van der Waals surface area contributed by atoms with Gasteiger partial charge >= 0.3 is 5.97 Å². The number of likely N-dealkylation sites (tertiary alicyclic amines) is 1. The first-order valence-corrected chi connectivity index (χ1v) is 10.3. The van der Waals surface area contributed by atoms with E-state index < -0.39 is 0 Å². The summed E-state index contributed by atoms with van der Waals surface area (Å²) in [6.07, 6.45) is 3.70. The molecule has 1 fully saturated rings. The van der Waals surface area contributed by atoms with Crippen molar-refractivity contribution in [1.29, 1.82) is 0 Å². The number of nitrogens with zero attached hydrogens (tertiary/aromatic N) is 2. The van der Waals surface area contributed by atoms with Crippen LogP contribution < -0.4 is 4.74 Å². The number of esters is 1. The maximum absolute atomic E-state index is 12.4. The number of hydrogen-bond acceptors (Lipinski definition) is 5. The minimum absolute atomic E-state index is 0.0430. The number of rotatable bonds is 10. The number of carbonyl (C=O) groups excluding carboxylic acids is 2. The lowest BCUT2D eigenvalue weighted by atomic mass is 9.96. The summed E-state index contributed by atoms with van der Waals surface area (Å²) in [6.45, 7) is 6.60. The highest BCUT2D eigenvalue weighted by molar-refractivity contribution is 5.81. The van der Waals surface area contributed by atoms with Crippen molar-refractivity contribution < 1.29 is 19.1 Å². The molecule has 6 heteroatoms. The molecule has 28 heavy (non-hydrogen) atoms. The van der Waals surface area contributed by atoms with Gasteiger partial charge in [0.1, 0.15) is 5.75 Å². The molecule has 1 heterocycles. The van der Waals surface area contributed by atoms with Crippen LogP contribution in [0.2, 0.25) is 0 Å². The second kappa shape index (κ2) is 11.7. The Morgan fingerprint density at radius 1 is 1.25 bits per heavy atom. The van der Waals surface area contributed by atoms with Crippen LogP contribution >= 0.6 is 0 Å². The monoisotopic (exact) mass is 390 g/mol. The Hall–Kier alpha value is -2.08. The van der Waals surface area contributed by atoms with Gasteiger partial charge in [-0.2, -0.15) is 0 Å². The van der Waals surface area contributed by atoms with E-state index in [0.717, 1.165) is 51.2 Å². The molecule has 0 unspecified atom stereocenters. The van der Waals surface area contributed by atoms with E-state index in [0.29, 0.717) is 12.5 Å². The van der Waals surface area contributed by atoms with Crippen molar-refractivity contribution in [2.45, 2.75) is 39.0 Å². The van der Waals surface area contributed by atoms with Gasteiger partial charge in [0.2, 0.25) is 5.91 Å². The Bertz CT molecular complexity index is 635. The van der Waals surface area contributed by atoms with Crippen molar-refractivity contribution in [2.75, 3.05) is 46.9 Å². The molecule has 0 N–H and O–H groups in total. The van der Waals surface area contributed by atoms with Gasteiger partial charge in [0.25, 0.3) is 0 Å². The number of ether oxygens (including phenoxy) is 2. The average molecular weight is 391 g/mol. The molecule has 0 saturated carbocycles. The predicted octanol–water partition coefficient (Wildman–Crippen LogP) is 2.75. The Morgan fingerprint density at radius 2 is 2.07 bits per heavy atom. The van der Waals surface area contributed by atoms with Gasteiger partial charge in [0.15, 0.2) is 0 Å². The zero-order chi connectivity index (χ0) is 20.4. The number of methoxy groups -OCH3 is 2. The highest BCUT2D eigenvalue weighted by atomic mass is 16.5. The number of hydrogen-bond donors (Lipinski definition) is 0. The van der Waals surface area contributed by atoms with Gasteiger partial charge in [-0.1, -0.05) is 12.1 Å². The fourth-order valence-electron chi connectivity index (χ4n) is 3.81. The number of piperidine rings is 1. The minimum atomic E-state index is -0.328. The number of amides is 1. The fourth-order valence-corrected chi connectivity index (χ4v) is 3.81. The van der Waals surface area contributed by atoms with Gasteiger partial charge in [0, 0.05) is 32.6 Å². The van der Waals surface area contributed by atoms with Gasteiger partial charge in [-0.15, -0.1) is 0 Å². The van der Waals surface area contributed by atoms with E-state index in [4.69, 9.17) is 4.74 Å². The molecule has 1 amide bonds. The summed E-state index contributed by atoms with van der Waals surface area (Å²) in [5.74, 6) is 1.10. The summed E-state index contributed by atoms with van der Waals surface area (Å²) < 4.78 is 9.94. The highest BCUT2D eigenvalue weighted by Crippen LogP contribution is 2.20. The van der Waals surface area contributed by atoms with Gasteiger partial charge in [-0.05, 0) is 56.3 Å². The molecule has 156 valence electrons. The van der Waals surface area contributed by atoms with Crippen LogP contribution in [0, 0.1) is 5.92 Å². The van der Waals surface area contributed by atoms with Crippen LogP contribution in [-0.2, 0) is 20.7 Å². The first-order valence-electron chi connectivity index (χ1n) is 10.3. The summed E-state index contributed by atoms with van der Waals surface area (Å²) in [6, 6.07) is 8.24. The SMILES string of the molecule is CCN(C[C@H]1CCCN(CCc2cccc(OC)c2)C1)C(=O)CCC(=O)OC. The highest BCUT2D eigenvalue weighted by Gasteiger charge is 2.24. The zero-order valence-electron chi connectivity index (χ0n) is 17.5. The maximum Gasteiger partial charge on any atom is 0.306 e. The Kier molecular flexibility index (Phi) is 9.28. The minimum Gasteiger partial charge on any atom is -0.497 e. The second-order valence-corrected chi connectivity index (χ2v) is 7.42. The first-order chi connectivity index (χ1) is 13.5. The molecular formula is C22H34N2O4. The second-order valence-electron chi connectivity index (χ2n) is 7.42. The Labute approximate surface area is 168 Å². The summed E-state index contributed by atoms with van der Waals surface area (Å²) >= 11 is 0. The molecule has 1 atom stereocenters. The molecule has 0 spiro atoms. The topological polar surface area (TPSA) is 59.1 Å². The van der Waals surface area contributed by atoms with Crippen molar-refractivity contribution in [3.05, 3.63) is 29.8 Å². The lowest BCUT2D eigenvalue weighted by Gasteiger charge is -2.35. The summed E-state index contributed by atoms with van der Waals surface area (Å²) in [4.78, 5) is 28.1. The number of benzene rings is 1. The van der Waals surface area contributed by atoms with Crippen molar-refractivity contribution in [2.24, 2.45) is 5.92 Å². The van der Waals surface area contributed by atoms with E-state index in [9.17, 15) is 9.59 Å². The van der Waals surface area contributed by atoms with E-state index >= 15 is 0 Å². The van der Waals surface area contributed by atoms with Crippen molar-refractivity contribution >= 4 is 11.9 Å². The molecule has 0 bridgehead atoms. The van der Waals surface area contributed by atoms with E-state index in [1.165, 1.54) is 12.7 Å². The smallest absolute Gasteiger partial charge is 0.306 e. The molecule has 1 aliphatic rings. The third-order valence-corrected chi connectivity index (χ3v) is 5.44. The van der Waals surface area contributed by atoms with Gasteiger partial charge in [-0.3, -0.25) is 9.59 Å². The van der Waals surface area contributed by atoms with E-state index in [1.807, 2.05) is 24.0 Å². The molecule has 0 radical (unpaired) electrons. The molecular weight excluding hydrogens is 356 g/mol. The number of carbonyl (C=O) groups is 2. The third-order valence-electron chi connectivity index (χ3n) is 5.44. The van der Waals surface area contributed by atoms with E-state index in [1.54, 1.807) is 7.11 Å². The molecule has 2 rings (SSSR count). The molecule has 1 aliphatic heterocycles. The summed E-state index contributed by atoms with van der Waals surface area (Å²) in [5, 5.41) is 0. The molecule has 6 nitrogen and oxygen atoms in total. The first kappa shape index (κ1) is 22.2. The van der Waals surface area contributed by atoms with Crippen LogP contribution in [0.25, 0.3) is 0 Å².